The third-order valence-corrected chi connectivity index (χ3v) is 2.53. The summed E-state index contributed by atoms with van der Waals surface area (Å²) in [5.74, 6) is 0.388. The highest BCUT2D eigenvalue weighted by Crippen LogP contribution is 2.23. The molecular formula is C9H14N2O2. The molecule has 0 atom stereocenters. The monoisotopic (exact) mass is 182 g/mol. The lowest BCUT2D eigenvalue weighted by atomic mass is 9.94. The van der Waals surface area contributed by atoms with Gasteiger partial charge in [-0.15, -0.1) is 0 Å². The van der Waals surface area contributed by atoms with E-state index in [0.29, 0.717) is 5.92 Å². The first-order valence-corrected chi connectivity index (χ1v) is 4.60. The van der Waals surface area contributed by atoms with Crippen LogP contribution in [0, 0.1) is 0 Å². The summed E-state index contributed by atoms with van der Waals surface area (Å²) in [6.07, 6.45) is 3.82. The van der Waals surface area contributed by atoms with Gasteiger partial charge in [0.05, 0.1) is 0 Å². The Bertz CT molecular complexity index is 334. The summed E-state index contributed by atoms with van der Waals surface area (Å²) in [5, 5.41) is 2.73. The Morgan fingerprint density at radius 1 is 1.54 bits per heavy atom. The average Bonchev–Trinajstić information content (AvgIpc) is 2.47. The van der Waals surface area contributed by atoms with E-state index in [1.54, 1.807) is 4.68 Å². The van der Waals surface area contributed by atoms with E-state index in [4.69, 9.17) is 4.74 Å². The van der Waals surface area contributed by atoms with Crippen LogP contribution < -0.4 is 5.56 Å². The molecule has 0 aromatic carbocycles. The Morgan fingerprint density at radius 3 is 2.77 bits per heavy atom. The molecule has 0 radical (unpaired) electrons. The quantitative estimate of drug-likeness (QED) is 0.691. The zero-order chi connectivity index (χ0) is 9.26. The van der Waals surface area contributed by atoms with E-state index in [2.05, 4.69) is 5.10 Å². The number of H-pyrrole nitrogens is 1. The summed E-state index contributed by atoms with van der Waals surface area (Å²) < 4.78 is 6.96. The van der Waals surface area contributed by atoms with Gasteiger partial charge in [-0.1, -0.05) is 0 Å². The van der Waals surface area contributed by atoms with E-state index in [1.165, 1.54) is 0 Å². The zero-order valence-electron chi connectivity index (χ0n) is 7.75. The van der Waals surface area contributed by atoms with E-state index in [0.717, 1.165) is 31.6 Å². The van der Waals surface area contributed by atoms with E-state index in [1.807, 2.05) is 13.2 Å². The summed E-state index contributed by atoms with van der Waals surface area (Å²) in [7, 11) is 1.84. The van der Waals surface area contributed by atoms with Gasteiger partial charge in [0.1, 0.15) is 0 Å². The number of aryl methyl sites for hydroxylation is 1. The molecule has 1 aromatic heterocycles. The molecule has 13 heavy (non-hydrogen) atoms. The normalized spacial score (nSPS) is 19.2. The number of hydrogen-bond acceptors (Lipinski definition) is 2. The topological polar surface area (TPSA) is 47.0 Å². The van der Waals surface area contributed by atoms with Gasteiger partial charge < -0.3 is 4.74 Å². The van der Waals surface area contributed by atoms with E-state index in [9.17, 15) is 4.79 Å². The van der Waals surface area contributed by atoms with Crippen LogP contribution >= 0.6 is 0 Å². The molecule has 0 aliphatic carbocycles. The molecule has 1 fully saturated rings. The smallest absolute Gasteiger partial charge is 0.267 e. The second-order valence-electron chi connectivity index (χ2n) is 3.52. The Balaban J connectivity index is 2.23. The highest BCUT2D eigenvalue weighted by atomic mass is 16.5. The Kier molecular flexibility index (Phi) is 2.22. The van der Waals surface area contributed by atoms with Crippen molar-refractivity contribution in [2.75, 3.05) is 13.2 Å². The molecule has 1 aliphatic rings. The molecule has 4 heteroatoms. The van der Waals surface area contributed by atoms with Gasteiger partial charge in [0.25, 0.3) is 5.56 Å². The van der Waals surface area contributed by atoms with Crippen LogP contribution in [-0.2, 0) is 11.8 Å². The number of nitrogens with one attached hydrogen (secondary N) is 1. The Hall–Kier alpha value is -1.03. The molecule has 0 spiro atoms. The minimum absolute atomic E-state index is 0.0504. The lowest BCUT2D eigenvalue weighted by molar-refractivity contribution is 0.0851. The summed E-state index contributed by atoms with van der Waals surface area (Å²) in [6, 6.07) is 0. The summed E-state index contributed by atoms with van der Waals surface area (Å²) in [4.78, 5) is 11.4. The van der Waals surface area contributed by atoms with Crippen molar-refractivity contribution in [2.24, 2.45) is 7.05 Å². The van der Waals surface area contributed by atoms with Crippen LogP contribution in [0.2, 0.25) is 0 Å². The molecule has 1 saturated heterocycles. The van der Waals surface area contributed by atoms with Gasteiger partial charge in [0, 0.05) is 32.0 Å². The molecule has 0 bridgehead atoms. The second-order valence-corrected chi connectivity index (χ2v) is 3.52. The van der Waals surface area contributed by atoms with Crippen molar-refractivity contribution >= 4 is 0 Å². The molecule has 0 saturated carbocycles. The maximum Gasteiger partial charge on any atom is 0.267 e. The molecule has 2 heterocycles. The van der Waals surface area contributed by atoms with Crippen LogP contribution in [0.25, 0.3) is 0 Å². The minimum Gasteiger partial charge on any atom is -0.381 e. The molecule has 1 aromatic rings. The molecule has 0 amide bonds. The van der Waals surface area contributed by atoms with Gasteiger partial charge in [0.2, 0.25) is 0 Å². The summed E-state index contributed by atoms with van der Waals surface area (Å²) in [5.41, 5.74) is 0.959. The van der Waals surface area contributed by atoms with Crippen molar-refractivity contribution in [3.8, 4) is 0 Å². The molecule has 1 aliphatic heterocycles. The molecule has 1 N–H and O–H groups in total. The first-order valence-electron chi connectivity index (χ1n) is 4.60. The van der Waals surface area contributed by atoms with Crippen molar-refractivity contribution in [3.63, 3.8) is 0 Å². The van der Waals surface area contributed by atoms with E-state index >= 15 is 0 Å². The first kappa shape index (κ1) is 8.56. The molecule has 0 unspecified atom stereocenters. The van der Waals surface area contributed by atoms with Gasteiger partial charge in [-0.2, -0.15) is 0 Å². The number of nitrogens with zero attached hydrogens (tertiary/aromatic N) is 1. The maximum absolute atomic E-state index is 11.4. The predicted octanol–water partition coefficient (Wildman–Crippen LogP) is 0.607. The predicted molar refractivity (Wildman–Crippen MR) is 48.8 cm³/mol. The SMILES string of the molecule is Cn1cc(C2CCOCC2)c(=O)[nH]1. The van der Waals surface area contributed by atoms with Gasteiger partial charge in [-0.05, 0) is 18.8 Å². The zero-order valence-corrected chi connectivity index (χ0v) is 7.75. The summed E-state index contributed by atoms with van der Waals surface area (Å²) in [6.45, 7) is 1.55. The molecule has 2 rings (SSSR count). The van der Waals surface area contributed by atoms with Crippen LogP contribution in [-0.4, -0.2) is 23.0 Å². The highest BCUT2D eigenvalue weighted by Gasteiger charge is 2.19. The highest BCUT2D eigenvalue weighted by molar-refractivity contribution is 5.11. The van der Waals surface area contributed by atoms with Crippen molar-refractivity contribution in [3.05, 3.63) is 22.1 Å². The van der Waals surface area contributed by atoms with Crippen LogP contribution in [0.15, 0.2) is 11.0 Å². The van der Waals surface area contributed by atoms with E-state index < -0.39 is 0 Å². The Morgan fingerprint density at radius 2 is 2.23 bits per heavy atom. The van der Waals surface area contributed by atoms with Gasteiger partial charge >= 0.3 is 0 Å². The number of rotatable bonds is 1. The minimum atomic E-state index is 0.0504. The summed E-state index contributed by atoms with van der Waals surface area (Å²) >= 11 is 0. The number of aromatic nitrogens is 2. The van der Waals surface area contributed by atoms with Crippen molar-refractivity contribution in [2.45, 2.75) is 18.8 Å². The van der Waals surface area contributed by atoms with E-state index in [-0.39, 0.29) is 5.56 Å². The van der Waals surface area contributed by atoms with Crippen molar-refractivity contribution < 1.29 is 4.74 Å². The van der Waals surface area contributed by atoms with Gasteiger partial charge in [-0.25, -0.2) is 0 Å². The molecule has 72 valence electrons. The molecule has 4 nitrogen and oxygen atoms in total. The number of hydrogen-bond donors (Lipinski definition) is 1. The van der Waals surface area contributed by atoms with Crippen molar-refractivity contribution in [1.82, 2.24) is 9.78 Å². The largest absolute Gasteiger partial charge is 0.381 e. The lowest BCUT2D eigenvalue weighted by Gasteiger charge is -2.19. The number of ether oxygens (including phenoxy) is 1. The van der Waals surface area contributed by atoms with Crippen LogP contribution in [0.1, 0.15) is 24.3 Å². The average molecular weight is 182 g/mol. The van der Waals surface area contributed by atoms with Gasteiger partial charge in [0.15, 0.2) is 0 Å². The standard InChI is InChI=1S/C9H14N2O2/c1-11-6-8(9(12)10-11)7-2-4-13-5-3-7/h6-7H,2-5H2,1H3,(H,10,12). The second kappa shape index (κ2) is 3.38. The maximum atomic E-state index is 11.4. The fourth-order valence-corrected chi connectivity index (χ4v) is 1.82. The van der Waals surface area contributed by atoms with Crippen LogP contribution in [0.3, 0.4) is 0 Å². The third-order valence-electron chi connectivity index (χ3n) is 2.53. The van der Waals surface area contributed by atoms with Crippen LogP contribution in [0.4, 0.5) is 0 Å². The molecular weight excluding hydrogens is 168 g/mol. The number of aromatic amines is 1. The van der Waals surface area contributed by atoms with Crippen LogP contribution in [0.5, 0.6) is 0 Å². The lowest BCUT2D eigenvalue weighted by Crippen LogP contribution is -2.18. The third kappa shape index (κ3) is 1.67. The van der Waals surface area contributed by atoms with Crippen molar-refractivity contribution in [1.29, 1.82) is 0 Å². The Labute approximate surface area is 76.5 Å². The fraction of sp³-hybridized carbons (Fsp3) is 0.667. The van der Waals surface area contributed by atoms with Gasteiger partial charge in [-0.3, -0.25) is 14.6 Å². The first-order chi connectivity index (χ1) is 6.27. The fourth-order valence-electron chi connectivity index (χ4n) is 1.82.